The van der Waals surface area contributed by atoms with Gasteiger partial charge in [0.1, 0.15) is 6.10 Å². The molecule has 3 rings (SSSR count). The van der Waals surface area contributed by atoms with Crippen LogP contribution in [-0.2, 0) is 13.9 Å². The van der Waals surface area contributed by atoms with Crippen LogP contribution in [0.1, 0.15) is 27.2 Å². The molecule has 4 nitrogen and oxygen atoms in total. The van der Waals surface area contributed by atoms with Crippen molar-refractivity contribution in [2.45, 2.75) is 50.7 Å². The topological polar surface area (TPSA) is 47.9 Å². The molecule has 0 radical (unpaired) electrons. The SMILES string of the molecule is CO[C@@H]1C[C@H](O)[C@@H](CO[Si](c2ccccc2)(c2ccccc2)C(C)(C)C)O1. The van der Waals surface area contributed by atoms with Crippen LogP contribution < -0.4 is 10.4 Å². The Morgan fingerprint density at radius 1 is 1.00 bits per heavy atom. The lowest BCUT2D eigenvalue weighted by atomic mass is 10.2. The van der Waals surface area contributed by atoms with Crippen molar-refractivity contribution in [3.63, 3.8) is 0 Å². The maximum absolute atomic E-state index is 10.4. The minimum Gasteiger partial charge on any atom is -0.405 e. The molecule has 0 aromatic heterocycles. The average Bonchev–Trinajstić information content (AvgIpc) is 3.03. The molecule has 1 aliphatic heterocycles. The lowest BCUT2D eigenvalue weighted by Crippen LogP contribution is -2.67. The van der Waals surface area contributed by atoms with E-state index in [9.17, 15) is 5.11 Å². The second kappa shape index (κ2) is 8.25. The normalized spacial score (nSPS) is 23.5. The number of aliphatic hydroxyl groups is 1. The maximum Gasteiger partial charge on any atom is 0.261 e. The minimum absolute atomic E-state index is 0.0973. The minimum atomic E-state index is -2.61. The monoisotopic (exact) mass is 386 g/mol. The van der Waals surface area contributed by atoms with Gasteiger partial charge in [0.05, 0.1) is 12.7 Å². The molecule has 1 saturated heterocycles. The number of rotatable bonds is 6. The molecule has 0 bridgehead atoms. The summed E-state index contributed by atoms with van der Waals surface area (Å²) < 4.78 is 17.9. The molecular weight excluding hydrogens is 356 g/mol. The van der Waals surface area contributed by atoms with Crippen LogP contribution in [0.3, 0.4) is 0 Å². The van der Waals surface area contributed by atoms with E-state index in [0.717, 1.165) is 0 Å². The maximum atomic E-state index is 10.4. The van der Waals surface area contributed by atoms with Gasteiger partial charge in [0.25, 0.3) is 8.32 Å². The van der Waals surface area contributed by atoms with Crippen molar-refractivity contribution in [2.24, 2.45) is 0 Å². The molecule has 1 heterocycles. The van der Waals surface area contributed by atoms with Gasteiger partial charge in [0, 0.05) is 13.5 Å². The molecule has 0 unspecified atom stereocenters. The number of methoxy groups -OCH3 is 1. The van der Waals surface area contributed by atoms with E-state index < -0.39 is 14.4 Å². The molecule has 5 heteroatoms. The molecule has 1 fully saturated rings. The first-order chi connectivity index (χ1) is 12.9. The van der Waals surface area contributed by atoms with Crippen molar-refractivity contribution >= 4 is 18.7 Å². The molecule has 0 spiro atoms. The summed E-state index contributed by atoms with van der Waals surface area (Å²) in [5, 5.41) is 12.7. The Labute approximate surface area is 163 Å². The van der Waals surface area contributed by atoms with Crippen molar-refractivity contribution in [2.75, 3.05) is 13.7 Å². The van der Waals surface area contributed by atoms with E-state index in [0.29, 0.717) is 13.0 Å². The highest BCUT2D eigenvalue weighted by Crippen LogP contribution is 2.37. The van der Waals surface area contributed by atoms with Crippen LogP contribution >= 0.6 is 0 Å². The zero-order chi connectivity index (χ0) is 19.5. The zero-order valence-corrected chi connectivity index (χ0v) is 17.6. The number of hydrogen-bond donors (Lipinski definition) is 1. The van der Waals surface area contributed by atoms with E-state index in [2.05, 4.69) is 69.3 Å². The molecule has 1 aliphatic rings. The number of ether oxygens (including phenoxy) is 2. The van der Waals surface area contributed by atoms with Crippen LogP contribution in [0.2, 0.25) is 5.04 Å². The summed E-state index contributed by atoms with van der Waals surface area (Å²) in [5.74, 6) is 0. The van der Waals surface area contributed by atoms with Gasteiger partial charge in [0.15, 0.2) is 6.29 Å². The Hall–Kier alpha value is -1.50. The van der Waals surface area contributed by atoms with E-state index in [1.807, 2.05) is 12.1 Å². The third-order valence-electron chi connectivity index (χ3n) is 5.33. The Morgan fingerprint density at radius 2 is 1.52 bits per heavy atom. The lowest BCUT2D eigenvalue weighted by Gasteiger charge is -2.43. The fourth-order valence-electron chi connectivity index (χ4n) is 3.96. The Kier molecular flexibility index (Phi) is 6.18. The second-order valence-electron chi connectivity index (χ2n) is 8.12. The third-order valence-corrected chi connectivity index (χ3v) is 10.3. The first-order valence-corrected chi connectivity index (χ1v) is 11.4. The summed E-state index contributed by atoms with van der Waals surface area (Å²) in [5.41, 5.74) is 0. The molecule has 2 aromatic carbocycles. The number of aliphatic hydroxyl groups excluding tert-OH is 1. The summed E-state index contributed by atoms with van der Waals surface area (Å²) in [6, 6.07) is 21.0. The van der Waals surface area contributed by atoms with Gasteiger partial charge in [-0.25, -0.2) is 0 Å². The van der Waals surface area contributed by atoms with Crippen LogP contribution in [0.5, 0.6) is 0 Å². The Morgan fingerprint density at radius 3 is 1.93 bits per heavy atom. The van der Waals surface area contributed by atoms with Gasteiger partial charge < -0.3 is 19.0 Å². The van der Waals surface area contributed by atoms with Gasteiger partial charge in [-0.1, -0.05) is 81.4 Å². The molecule has 3 atom stereocenters. The Balaban J connectivity index is 2.00. The standard InChI is InChI=1S/C22H30O4Si/c1-22(2,3)27(17-11-7-5-8-12-17,18-13-9-6-10-14-18)25-16-20-19(23)15-21(24-4)26-20/h5-14,19-21,23H,15-16H2,1-4H3/t19-,20+,21-/m0/s1. The summed E-state index contributed by atoms with van der Waals surface area (Å²) in [6.45, 7) is 7.06. The highest BCUT2D eigenvalue weighted by molar-refractivity contribution is 6.99. The number of hydrogen-bond acceptors (Lipinski definition) is 4. The first-order valence-electron chi connectivity index (χ1n) is 9.50. The predicted octanol–water partition coefficient (Wildman–Crippen LogP) is 2.69. The Bertz CT molecular complexity index is 675. The van der Waals surface area contributed by atoms with Gasteiger partial charge in [-0.2, -0.15) is 0 Å². The van der Waals surface area contributed by atoms with Crippen LogP contribution in [0.4, 0.5) is 0 Å². The molecule has 0 saturated carbocycles. The van der Waals surface area contributed by atoms with Crippen molar-refractivity contribution in [3.05, 3.63) is 60.7 Å². The molecule has 0 aliphatic carbocycles. The van der Waals surface area contributed by atoms with E-state index in [1.54, 1.807) is 7.11 Å². The molecule has 2 aromatic rings. The smallest absolute Gasteiger partial charge is 0.261 e. The zero-order valence-electron chi connectivity index (χ0n) is 16.6. The van der Waals surface area contributed by atoms with Crippen molar-refractivity contribution in [1.29, 1.82) is 0 Å². The van der Waals surface area contributed by atoms with E-state index in [-0.39, 0.29) is 17.4 Å². The first kappa shape index (κ1) is 20.2. The summed E-state index contributed by atoms with van der Waals surface area (Å²) in [7, 11) is -1.01. The van der Waals surface area contributed by atoms with E-state index in [1.165, 1.54) is 10.4 Å². The van der Waals surface area contributed by atoms with Gasteiger partial charge in [-0.3, -0.25) is 0 Å². The second-order valence-corrected chi connectivity index (χ2v) is 12.4. The predicted molar refractivity (Wildman–Crippen MR) is 110 cm³/mol. The fourth-order valence-corrected chi connectivity index (χ4v) is 8.53. The van der Waals surface area contributed by atoms with Crippen molar-refractivity contribution in [3.8, 4) is 0 Å². The van der Waals surface area contributed by atoms with E-state index in [4.69, 9.17) is 13.9 Å². The van der Waals surface area contributed by atoms with Crippen molar-refractivity contribution in [1.82, 2.24) is 0 Å². The average molecular weight is 387 g/mol. The van der Waals surface area contributed by atoms with Gasteiger partial charge in [0.2, 0.25) is 0 Å². The number of benzene rings is 2. The summed E-state index contributed by atoms with van der Waals surface area (Å²) in [6.07, 6.45) is -0.844. The molecular formula is C22H30O4Si. The van der Waals surface area contributed by atoms with E-state index >= 15 is 0 Å². The largest absolute Gasteiger partial charge is 0.405 e. The van der Waals surface area contributed by atoms with Crippen LogP contribution in [0.15, 0.2) is 60.7 Å². The van der Waals surface area contributed by atoms with Crippen LogP contribution in [0.25, 0.3) is 0 Å². The lowest BCUT2D eigenvalue weighted by molar-refractivity contribution is -0.125. The molecule has 0 amide bonds. The third kappa shape index (κ3) is 4.03. The molecule has 146 valence electrons. The quantitative estimate of drug-likeness (QED) is 0.776. The summed E-state index contributed by atoms with van der Waals surface area (Å²) in [4.78, 5) is 0. The van der Waals surface area contributed by atoms with Gasteiger partial charge >= 0.3 is 0 Å². The highest BCUT2D eigenvalue weighted by Gasteiger charge is 2.51. The van der Waals surface area contributed by atoms with Gasteiger partial charge in [-0.05, 0) is 15.4 Å². The van der Waals surface area contributed by atoms with Crippen LogP contribution in [0, 0.1) is 0 Å². The summed E-state index contributed by atoms with van der Waals surface area (Å²) >= 11 is 0. The van der Waals surface area contributed by atoms with Crippen LogP contribution in [-0.4, -0.2) is 45.6 Å². The van der Waals surface area contributed by atoms with Gasteiger partial charge in [-0.15, -0.1) is 0 Å². The van der Waals surface area contributed by atoms with Crippen molar-refractivity contribution < 1.29 is 19.0 Å². The molecule has 27 heavy (non-hydrogen) atoms. The fraction of sp³-hybridized carbons (Fsp3) is 0.455. The highest BCUT2D eigenvalue weighted by atomic mass is 28.4. The molecule has 1 N–H and O–H groups in total.